The van der Waals surface area contributed by atoms with E-state index in [4.69, 9.17) is 0 Å². The third-order valence-electron chi connectivity index (χ3n) is 7.89. The monoisotopic (exact) mass is 451 g/mol. The predicted octanol–water partition coefficient (Wildman–Crippen LogP) is 12.3. The van der Waals surface area contributed by atoms with Gasteiger partial charge in [0.1, 0.15) is 0 Å². The van der Waals surface area contributed by atoms with Gasteiger partial charge in [-0.15, -0.1) is 0 Å². The van der Waals surface area contributed by atoms with E-state index in [0.717, 1.165) is 17.8 Å². The number of rotatable bonds is 26. The number of unbranched alkanes of at least 4 members (excludes halogenated alkanes) is 14. The number of hydrogen-bond donors (Lipinski definition) is 0. The van der Waals surface area contributed by atoms with E-state index < -0.39 is 0 Å². The van der Waals surface area contributed by atoms with E-state index in [2.05, 4.69) is 34.6 Å². The molecule has 0 amide bonds. The molecule has 0 heteroatoms. The van der Waals surface area contributed by atoms with Gasteiger partial charge >= 0.3 is 0 Å². The van der Waals surface area contributed by atoms with Gasteiger partial charge < -0.3 is 0 Å². The molecule has 0 aromatic heterocycles. The minimum atomic E-state index is 0.945. The molecule has 0 N–H and O–H groups in total. The van der Waals surface area contributed by atoms with E-state index in [1.807, 2.05) is 0 Å². The van der Waals surface area contributed by atoms with Gasteiger partial charge in [0, 0.05) is 0 Å². The van der Waals surface area contributed by atoms with Gasteiger partial charge in [0.25, 0.3) is 0 Å². The summed E-state index contributed by atoms with van der Waals surface area (Å²) in [4.78, 5) is 0. The van der Waals surface area contributed by atoms with Crippen LogP contribution in [0.2, 0.25) is 0 Å². The molecule has 0 fully saturated rings. The lowest BCUT2D eigenvalue weighted by atomic mass is 9.90. The molecule has 0 heterocycles. The average molecular weight is 451 g/mol. The Bertz CT molecular complexity index is 333. The maximum Gasteiger partial charge on any atom is -0.0443 e. The van der Waals surface area contributed by atoms with Crippen molar-refractivity contribution in [2.45, 2.75) is 189 Å². The summed E-state index contributed by atoms with van der Waals surface area (Å²) in [6.45, 7) is 12.1. The van der Waals surface area contributed by atoms with E-state index in [1.165, 1.54) is 154 Å². The van der Waals surface area contributed by atoms with Gasteiger partial charge in [0.2, 0.25) is 0 Å². The highest BCUT2D eigenvalue weighted by molar-refractivity contribution is 4.61. The van der Waals surface area contributed by atoms with Crippen LogP contribution in [-0.2, 0) is 0 Å². The van der Waals surface area contributed by atoms with E-state index in [-0.39, 0.29) is 0 Å². The maximum absolute atomic E-state index is 2.51. The molecule has 0 bridgehead atoms. The highest BCUT2D eigenvalue weighted by Crippen LogP contribution is 2.23. The highest BCUT2D eigenvalue weighted by atomic mass is 14.1. The second-order valence-corrected chi connectivity index (χ2v) is 11.7. The largest absolute Gasteiger partial charge is 0.0654 e. The van der Waals surface area contributed by atoms with Crippen LogP contribution in [0.1, 0.15) is 189 Å². The van der Waals surface area contributed by atoms with E-state index in [1.54, 1.807) is 0 Å². The van der Waals surface area contributed by atoms with Crippen molar-refractivity contribution in [3.05, 3.63) is 0 Å². The molecule has 32 heavy (non-hydrogen) atoms. The van der Waals surface area contributed by atoms with Gasteiger partial charge in [-0.1, -0.05) is 189 Å². The summed E-state index contributed by atoms with van der Waals surface area (Å²) in [6, 6.07) is 0. The normalized spacial score (nSPS) is 14.5. The number of hydrogen-bond acceptors (Lipinski definition) is 0. The molecule has 0 aromatic carbocycles. The lowest BCUT2D eigenvalue weighted by Gasteiger charge is -2.16. The van der Waals surface area contributed by atoms with Crippen molar-refractivity contribution >= 4 is 0 Å². The van der Waals surface area contributed by atoms with Crippen LogP contribution in [0.25, 0.3) is 0 Å². The van der Waals surface area contributed by atoms with Gasteiger partial charge in [-0.3, -0.25) is 0 Å². The van der Waals surface area contributed by atoms with Crippen molar-refractivity contribution in [2.24, 2.45) is 17.8 Å². The molecule has 194 valence electrons. The first-order valence-electron chi connectivity index (χ1n) is 15.6. The molecule has 0 nitrogen and oxygen atoms in total. The third-order valence-corrected chi connectivity index (χ3v) is 7.89. The topological polar surface area (TPSA) is 0 Å². The fraction of sp³-hybridized carbons (Fsp3) is 1.00. The Morgan fingerprint density at radius 3 is 0.781 bits per heavy atom. The van der Waals surface area contributed by atoms with Crippen molar-refractivity contribution in [3.63, 3.8) is 0 Å². The third kappa shape index (κ3) is 24.6. The first-order valence-corrected chi connectivity index (χ1v) is 15.6. The Morgan fingerprint density at radius 1 is 0.281 bits per heavy atom. The lowest BCUT2D eigenvalue weighted by molar-refractivity contribution is 0.373. The fourth-order valence-electron chi connectivity index (χ4n) is 5.32. The molecule has 0 spiro atoms. The zero-order valence-electron chi connectivity index (χ0n) is 23.7. The van der Waals surface area contributed by atoms with Crippen LogP contribution in [0.5, 0.6) is 0 Å². The molecule has 0 radical (unpaired) electrons. The molecular formula is C32H66. The molecule has 0 saturated heterocycles. The van der Waals surface area contributed by atoms with Crippen molar-refractivity contribution in [3.8, 4) is 0 Å². The second-order valence-electron chi connectivity index (χ2n) is 11.7. The van der Waals surface area contributed by atoms with E-state index in [9.17, 15) is 0 Å². The standard InChI is InChI=1S/C32H66/c1-6-8-10-12-14-15-16-17-19-21-25-31(4)27-23-29-32(5)28-22-26-30(3)24-20-18-13-11-9-7-2/h30-32H,6-29H2,1-5H3. The first-order chi connectivity index (χ1) is 15.6. The summed E-state index contributed by atoms with van der Waals surface area (Å²) in [5.41, 5.74) is 0. The molecule has 0 saturated carbocycles. The summed E-state index contributed by atoms with van der Waals surface area (Å²) in [6.07, 6.45) is 35.0. The van der Waals surface area contributed by atoms with Crippen molar-refractivity contribution < 1.29 is 0 Å². The zero-order valence-corrected chi connectivity index (χ0v) is 23.7. The minimum absolute atomic E-state index is 0.945. The molecule has 3 unspecified atom stereocenters. The highest BCUT2D eigenvalue weighted by Gasteiger charge is 2.08. The van der Waals surface area contributed by atoms with Crippen LogP contribution in [0.15, 0.2) is 0 Å². The zero-order chi connectivity index (χ0) is 23.7. The Morgan fingerprint density at radius 2 is 0.500 bits per heavy atom. The summed E-state index contributed by atoms with van der Waals surface area (Å²) >= 11 is 0. The second kappa shape index (κ2) is 25.6. The van der Waals surface area contributed by atoms with Gasteiger partial charge in [0.05, 0.1) is 0 Å². The van der Waals surface area contributed by atoms with Crippen LogP contribution >= 0.6 is 0 Å². The van der Waals surface area contributed by atoms with Gasteiger partial charge in [0.15, 0.2) is 0 Å². The molecule has 0 aromatic rings. The van der Waals surface area contributed by atoms with E-state index >= 15 is 0 Å². The van der Waals surface area contributed by atoms with Gasteiger partial charge in [-0.05, 0) is 17.8 Å². The van der Waals surface area contributed by atoms with Crippen LogP contribution in [0.3, 0.4) is 0 Å². The van der Waals surface area contributed by atoms with Crippen molar-refractivity contribution in [2.75, 3.05) is 0 Å². The van der Waals surface area contributed by atoms with Crippen molar-refractivity contribution in [1.82, 2.24) is 0 Å². The summed E-state index contributed by atoms with van der Waals surface area (Å²) in [7, 11) is 0. The Kier molecular flexibility index (Phi) is 25.6. The minimum Gasteiger partial charge on any atom is -0.0654 e. The Balaban J connectivity index is 3.40. The lowest BCUT2D eigenvalue weighted by Crippen LogP contribution is -2.01. The van der Waals surface area contributed by atoms with Crippen molar-refractivity contribution in [1.29, 1.82) is 0 Å². The molecule has 0 rings (SSSR count). The summed E-state index contributed by atoms with van der Waals surface area (Å²) in [5, 5.41) is 0. The molecule has 3 atom stereocenters. The average Bonchev–Trinajstić information content (AvgIpc) is 2.77. The SMILES string of the molecule is CCCCCCCCCCCCC(C)CCCC(C)CCCC(C)CCCCCCCC. The van der Waals surface area contributed by atoms with Crippen LogP contribution in [0.4, 0.5) is 0 Å². The molecule has 0 aliphatic heterocycles. The summed E-state index contributed by atoms with van der Waals surface area (Å²) in [5.74, 6) is 2.85. The summed E-state index contributed by atoms with van der Waals surface area (Å²) < 4.78 is 0. The van der Waals surface area contributed by atoms with Crippen LogP contribution < -0.4 is 0 Å². The maximum atomic E-state index is 2.51. The first kappa shape index (κ1) is 32.0. The smallest absolute Gasteiger partial charge is 0.0443 e. The fourth-order valence-corrected chi connectivity index (χ4v) is 5.32. The quantitative estimate of drug-likeness (QED) is 0.115. The Labute approximate surface area is 206 Å². The van der Waals surface area contributed by atoms with Crippen LogP contribution in [0, 0.1) is 17.8 Å². The van der Waals surface area contributed by atoms with Gasteiger partial charge in [-0.2, -0.15) is 0 Å². The van der Waals surface area contributed by atoms with Gasteiger partial charge in [-0.25, -0.2) is 0 Å². The molecule has 0 aliphatic carbocycles. The molecular weight excluding hydrogens is 384 g/mol. The van der Waals surface area contributed by atoms with E-state index in [0.29, 0.717) is 0 Å². The van der Waals surface area contributed by atoms with Crippen LogP contribution in [-0.4, -0.2) is 0 Å². The molecule has 0 aliphatic rings. The predicted molar refractivity (Wildman–Crippen MR) is 150 cm³/mol. The Hall–Kier alpha value is 0.